The van der Waals surface area contributed by atoms with E-state index in [9.17, 15) is 13.2 Å². The van der Waals surface area contributed by atoms with E-state index in [0.717, 1.165) is 12.8 Å². The highest BCUT2D eigenvalue weighted by Crippen LogP contribution is 2.36. The molecule has 0 unspecified atom stereocenters. The van der Waals surface area contributed by atoms with Gasteiger partial charge in [-0.05, 0) is 19.4 Å². The van der Waals surface area contributed by atoms with E-state index in [4.69, 9.17) is 4.74 Å². The highest BCUT2D eigenvalue weighted by atomic mass is 32.2. The van der Waals surface area contributed by atoms with E-state index in [1.54, 1.807) is 18.2 Å². The standard InChI is InChI=1S/C13H17NO4S/c1-3-4-9-18-12(15)13(2)10-7-5-6-8-11(10)19(16,17)14-13/h5-8,14H,3-4,9H2,1-2H3/t13-/m1/s1. The molecule has 19 heavy (non-hydrogen) atoms. The SMILES string of the molecule is CCCCOC(=O)[C@]1(C)NS(=O)(=O)c2ccccc21. The molecular weight excluding hydrogens is 266 g/mol. The number of hydrogen-bond donors (Lipinski definition) is 1. The van der Waals surface area contributed by atoms with Gasteiger partial charge < -0.3 is 4.74 Å². The third-order valence-corrected chi connectivity index (χ3v) is 4.81. The molecule has 0 aromatic heterocycles. The minimum absolute atomic E-state index is 0.143. The number of benzene rings is 1. The lowest BCUT2D eigenvalue weighted by atomic mass is 9.93. The summed E-state index contributed by atoms with van der Waals surface area (Å²) in [6.45, 7) is 3.82. The van der Waals surface area contributed by atoms with Gasteiger partial charge in [0.15, 0.2) is 5.54 Å². The third kappa shape index (κ3) is 2.37. The second-order valence-electron chi connectivity index (χ2n) is 4.72. The summed E-state index contributed by atoms with van der Waals surface area (Å²) in [5.41, 5.74) is -0.889. The predicted octanol–water partition coefficient (Wildman–Crippen LogP) is 1.54. The number of hydrogen-bond acceptors (Lipinski definition) is 4. The Labute approximate surface area is 113 Å². The van der Waals surface area contributed by atoms with Crippen molar-refractivity contribution in [2.45, 2.75) is 37.1 Å². The maximum absolute atomic E-state index is 12.1. The average Bonchev–Trinajstić information content (AvgIpc) is 2.59. The van der Waals surface area contributed by atoms with E-state index < -0.39 is 21.5 Å². The number of esters is 1. The molecule has 1 N–H and O–H groups in total. The lowest BCUT2D eigenvalue weighted by molar-refractivity contribution is -0.150. The van der Waals surface area contributed by atoms with E-state index >= 15 is 0 Å². The predicted molar refractivity (Wildman–Crippen MR) is 70.0 cm³/mol. The summed E-state index contributed by atoms with van der Waals surface area (Å²) in [5.74, 6) is -0.561. The first-order valence-corrected chi connectivity index (χ1v) is 7.71. The first-order valence-electron chi connectivity index (χ1n) is 6.22. The highest BCUT2D eigenvalue weighted by molar-refractivity contribution is 7.90. The van der Waals surface area contributed by atoms with Crippen LogP contribution < -0.4 is 4.72 Å². The molecule has 0 spiro atoms. The van der Waals surface area contributed by atoms with Crippen LogP contribution in [0.25, 0.3) is 0 Å². The zero-order chi connectivity index (χ0) is 14.1. The van der Waals surface area contributed by atoms with E-state index in [2.05, 4.69) is 4.72 Å². The fourth-order valence-corrected chi connectivity index (χ4v) is 3.76. The monoisotopic (exact) mass is 283 g/mol. The zero-order valence-corrected chi connectivity index (χ0v) is 11.8. The van der Waals surface area contributed by atoms with Crippen molar-refractivity contribution >= 4 is 16.0 Å². The Hall–Kier alpha value is -1.40. The molecule has 0 radical (unpaired) electrons. The van der Waals surface area contributed by atoms with E-state index in [1.165, 1.54) is 13.0 Å². The smallest absolute Gasteiger partial charge is 0.331 e. The van der Waals surface area contributed by atoms with E-state index in [1.807, 2.05) is 6.92 Å². The molecule has 1 aromatic rings. The molecule has 0 saturated carbocycles. The van der Waals surface area contributed by atoms with Crippen molar-refractivity contribution < 1.29 is 17.9 Å². The molecule has 1 atom stereocenters. The van der Waals surface area contributed by atoms with Gasteiger partial charge >= 0.3 is 5.97 Å². The van der Waals surface area contributed by atoms with Crippen LogP contribution in [0.15, 0.2) is 29.2 Å². The van der Waals surface area contributed by atoms with Crippen molar-refractivity contribution in [1.29, 1.82) is 0 Å². The van der Waals surface area contributed by atoms with Gasteiger partial charge in [0.25, 0.3) is 0 Å². The zero-order valence-electron chi connectivity index (χ0n) is 11.0. The number of carbonyl (C=O) groups excluding carboxylic acids is 1. The fourth-order valence-electron chi connectivity index (χ4n) is 2.10. The maximum atomic E-state index is 12.1. The van der Waals surface area contributed by atoms with Gasteiger partial charge in [0.2, 0.25) is 10.0 Å². The molecule has 0 saturated heterocycles. The Morgan fingerprint density at radius 1 is 1.37 bits per heavy atom. The second-order valence-corrected chi connectivity index (χ2v) is 6.37. The maximum Gasteiger partial charge on any atom is 0.331 e. The average molecular weight is 283 g/mol. The molecule has 1 aliphatic heterocycles. The fraction of sp³-hybridized carbons (Fsp3) is 0.462. The van der Waals surface area contributed by atoms with Crippen LogP contribution in [0, 0.1) is 0 Å². The number of unbranched alkanes of at least 4 members (excludes halogenated alkanes) is 1. The van der Waals surface area contributed by atoms with Crippen molar-refractivity contribution in [2.75, 3.05) is 6.61 Å². The number of fused-ring (bicyclic) bond motifs is 1. The molecule has 0 aliphatic carbocycles. The van der Waals surface area contributed by atoms with Gasteiger partial charge in [-0.15, -0.1) is 0 Å². The molecule has 5 nitrogen and oxygen atoms in total. The minimum atomic E-state index is -3.64. The Balaban J connectivity index is 2.33. The van der Waals surface area contributed by atoms with Gasteiger partial charge in [-0.3, -0.25) is 0 Å². The summed E-state index contributed by atoms with van der Waals surface area (Å²) >= 11 is 0. The van der Waals surface area contributed by atoms with Crippen molar-refractivity contribution in [3.63, 3.8) is 0 Å². The molecule has 1 aromatic carbocycles. The van der Waals surface area contributed by atoms with Gasteiger partial charge in [-0.25, -0.2) is 13.2 Å². The molecule has 2 rings (SSSR count). The Morgan fingerprint density at radius 3 is 2.74 bits per heavy atom. The van der Waals surface area contributed by atoms with Crippen molar-refractivity contribution in [3.05, 3.63) is 29.8 Å². The molecule has 0 amide bonds. The molecule has 1 heterocycles. The molecule has 0 fully saturated rings. The van der Waals surface area contributed by atoms with Crippen LogP contribution in [0.2, 0.25) is 0 Å². The summed E-state index contributed by atoms with van der Waals surface area (Å²) in [6, 6.07) is 6.46. The van der Waals surface area contributed by atoms with Crippen LogP contribution in [-0.2, 0) is 25.1 Å². The van der Waals surface area contributed by atoms with Gasteiger partial charge in [-0.1, -0.05) is 31.5 Å². The number of nitrogens with one attached hydrogen (secondary N) is 1. The summed E-state index contributed by atoms with van der Waals surface area (Å²) in [5, 5.41) is 0. The Kier molecular flexibility index (Phi) is 3.64. The molecule has 1 aliphatic rings. The minimum Gasteiger partial charge on any atom is -0.464 e. The van der Waals surface area contributed by atoms with Gasteiger partial charge in [0, 0.05) is 5.56 Å². The van der Waals surface area contributed by atoms with Gasteiger partial charge in [0.05, 0.1) is 11.5 Å². The van der Waals surface area contributed by atoms with Gasteiger partial charge in [0.1, 0.15) is 0 Å². The Morgan fingerprint density at radius 2 is 2.05 bits per heavy atom. The first kappa shape index (κ1) is 14.0. The van der Waals surface area contributed by atoms with Crippen LogP contribution in [-0.4, -0.2) is 21.0 Å². The number of rotatable bonds is 4. The van der Waals surface area contributed by atoms with Crippen LogP contribution in [0.5, 0.6) is 0 Å². The third-order valence-electron chi connectivity index (χ3n) is 3.19. The van der Waals surface area contributed by atoms with Crippen LogP contribution in [0.3, 0.4) is 0 Å². The topological polar surface area (TPSA) is 72.5 Å². The quantitative estimate of drug-likeness (QED) is 0.672. The van der Waals surface area contributed by atoms with Crippen molar-refractivity contribution in [2.24, 2.45) is 0 Å². The number of ether oxygens (including phenoxy) is 1. The molecular formula is C13H17NO4S. The van der Waals surface area contributed by atoms with Gasteiger partial charge in [-0.2, -0.15) is 4.72 Å². The summed E-state index contributed by atoms with van der Waals surface area (Å²) in [7, 11) is -3.64. The summed E-state index contributed by atoms with van der Waals surface area (Å²) < 4.78 is 31.5. The van der Waals surface area contributed by atoms with Crippen molar-refractivity contribution in [1.82, 2.24) is 4.72 Å². The van der Waals surface area contributed by atoms with Crippen molar-refractivity contribution in [3.8, 4) is 0 Å². The number of sulfonamides is 1. The summed E-state index contributed by atoms with van der Waals surface area (Å²) in [6.07, 6.45) is 1.67. The number of carbonyl (C=O) groups is 1. The van der Waals surface area contributed by atoms with E-state index in [0.29, 0.717) is 12.2 Å². The highest BCUT2D eigenvalue weighted by Gasteiger charge is 2.49. The Bertz CT molecular complexity index is 596. The molecule has 6 heteroatoms. The molecule has 104 valence electrons. The lowest BCUT2D eigenvalue weighted by Crippen LogP contribution is -2.45. The van der Waals surface area contributed by atoms with Crippen LogP contribution in [0.1, 0.15) is 32.3 Å². The largest absolute Gasteiger partial charge is 0.464 e. The first-order chi connectivity index (χ1) is 8.92. The van der Waals surface area contributed by atoms with Crippen LogP contribution in [0.4, 0.5) is 0 Å². The molecule has 0 bridgehead atoms. The second kappa shape index (κ2) is 4.94. The van der Waals surface area contributed by atoms with Crippen LogP contribution >= 0.6 is 0 Å². The van der Waals surface area contributed by atoms with E-state index in [-0.39, 0.29) is 4.90 Å². The lowest BCUT2D eigenvalue weighted by Gasteiger charge is -2.22. The normalized spacial score (nSPS) is 23.9. The summed E-state index contributed by atoms with van der Waals surface area (Å²) in [4.78, 5) is 12.3.